The number of anilines is 1. The third kappa shape index (κ3) is 5.85. The second kappa shape index (κ2) is 10.8. The Hall–Kier alpha value is -3.39. The molecule has 0 aromatic heterocycles. The van der Waals surface area contributed by atoms with E-state index in [1.807, 2.05) is 0 Å². The van der Waals surface area contributed by atoms with Gasteiger partial charge in [-0.05, 0) is 42.3 Å². The minimum Gasteiger partial charge on any atom is -0.469 e. The lowest BCUT2D eigenvalue weighted by Crippen LogP contribution is -2.39. The van der Waals surface area contributed by atoms with Gasteiger partial charge in [0.25, 0.3) is 5.91 Å². The summed E-state index contributed by atoms with van der Waals surface area (Å²) in [6.45, 7) is 0.385. The van der Waals surface area contributed by atoms with Gasteiger partial charge in [-0.15, -0.1) is 0 Å². The van der Waals surface area contributed by atoms with Crippen LogP contribution in [0.2, 0.25) is 5.02 Å². The lowest BCUT2D eigenvalue weighted by molar-refractivity contribution is -0.141. The summed E-state index contributed by atoms with van der Waals surface area (Å²) in [6, 6.07) is 12.8. The summed E-state index contributed by atoms with van der Waals surface area (Å²) in [5, 5.41) is 5.67. The van der Waals surface area contributed by atoms with Gasteiger partial charge in [0.05, 0.1) is 26.1 Å². The van der Waals surface area contributed by atoms with Crippen LogP contribution in [-0.2, 0) is 19.1 Å². The highest BCUT2D eigenvalue weighted by atomic mass is 35.5. The highest BCUT2D eigenvalue weighted by molar-refractivity contribution is 6.31. The number of rotatable bonds is 8. The van der Waals surface area contributed by atoms with Gasteiger partial charge in [-0.2, -0.15) is 0 Å². The maximum atomic E-state index is 12.4. The molecular formula is C23H24ClN3O5. The van der Waals surface area contributed by atoms with Gasteiger partial charge in [-0.25, -0.2) is 0 Å². The van der Waals surface area contributed by atoms with E-state index >= 15 is 0 Å². The average molecular weight is 458 g/mol. The summed E-state index contributed by atoms with van der Waals surface area (Å²) < 4.78 is 4.71. The van der Waals surface area contributed by atoms with Crippen LogP contribution in [0.25, 0.3) is 0 Å². The normalized spacial score (nSPS) is 14.1. The maximum Gasteiger partial charge on any atom is 0.307 e. The summed E-state index contributed by atoms with van der Waals surface area (Å²) in [5.41, 5.74) is 1.68. The van der Waals surface area contributed by atoms with Crippen molar-refractivity contribution in [1.82, 2.24) is 10.6 Å². The zero-order valence-corrected chi connectivity index (χ0v) is 18.4. The van der Waals surface area contributed by atoms with Gasteiger partial charge in [-0.1, -0.05) is 29.8 Å². The fraction of sp³-hybridized carbons (Fsp3) is 0.304. The van der Waals surface area contributed by atoms with E-state index in [0.29, 0.717) is 29.1 Å². The van der Waals surface area contributed by atoms with Crippen LogP contribution < -0.4 is 15.5 Å². The van der Waals surface area contributed by atoms with Crippen molar-refractivity contribution in [1.29, 1.82) is 0 Å². The van der Waals surface area contributed by atoms with Crippen LogP contribution in [0.15, 0.2) is 48.5 Å². The molecule has 0 bridgehead atoms. The molecule has 0 spiro atoms. The van der Waals surface area contributed by atoms with E-state index < -0.39 is 23.8 Å². The molecule has 2 N–H and O–H groups in total. The van der Waals surface area contributed by atoms with Gasteiger partial charge in [0.1, 0.15) is 0 Å². The smallest absolute Gasteiger partial charge is 0.307 e. The lowest BCUT2D eigenvalue weighted by Gasteiger charge is -2.19. The molecule has 32 heavy (non-hydrogen) atoms. The first kappa shape index (κ1) is 23.3. The molecule has 2 aromatic carbocycles. The second-order valence-electron chi connectivity index (χ2n) is 7.30. The third-order valence-electron chi connectivity index (χ3n) is 5.14. The molecule has 0 radical (unpaired) electrons. The predicted octanol–water partition coefficient (Wildman–Crippen LogP) is 2.62. The lowest BCUT2D eigenvalue weighted by atomic mass is 10.0. The molecule has 1 saturated heterocycles. The van der Waals surface area contributed by atoms with Gasteiger partial charge in [0.15, 0.2) is 0 Å². The fourth-order valence-electron chi connectivity index (χ4n) is 3.47. The van der Waals surface area contributed by atoms with Gasteiger partial charge < -0.3 is 20.3 Å². The Balaban J connectivity index is 1.58. The maximum absolute atomic E-state index is 12.4. The first-order chi connectivity index (χ1) is 15.4. The Kier molecular flexibility index (Phi) is 7.83. The molecule has 2 aromatic rings. The molecule has 3 amide bonds. The quantitative estimate of drug-likeness (QED) is 0.593. The van der Waals surface area contributed by atoms with E-state index in [0.717, 1.165) is 12.1 Å². The van der Waals surface area contributed by atoms with E-state index in [9.17, 15) is 19.2 Å². The van der Waals surface area contributed by atoms with Crippen molar-refractivity contribution in [2.24, 2.45) is 0 Å². The molecule has 168 valence electrons. The molecule has 0 aliphatic carbocycles. The van der Waals surface area contributed by atoms with Crippen molar-refractivity contribution in [3.8, 4) is 0 Å². The highest BCUT2D eigenvalue weighted by Gasteiger charge is 2.23. The number of benzene rings is 2. The number of nitrogens with one attached hydrogen (secondary N) is 2. The average Bonchev–Trinajstić information content (AvgIpc) is 3.23. The van der Waals surface area contributed by atoms with Gasteiger partial charge >= 0.3 is 5.97 Å². The Labute approximate surface area is 190 Å². The number of hydrogen-bond acceptors (Lipinski definition) is 5. The minimum atomic E-state index is -0.696. The summed E-state index contributed by atoms with van der Waals surface area (Å²) in [6.07, 6.45) is 1.25. The van der Waals surface area contributed by atoms with Crippen LogP contribution in [0.4, 0.5) is 5.69 Å². The van der Waals surface area contributed by atoms with Crippen molar-refractivity contribution in [3.63, 3.8) is 0 Å². The summed E-state index contributed by atoms with van der Waals surface area (Å²) in [4.78, 5) is 50.1. The minimum absolute atomic E-state index is 0.0684. The standard InChI is InChI=1S/C23H24ClN3O5/c1-32-22(30)13-19(17-5-2-3-6-18(17)24)26-20(28)14-25-23(31)15-8-10-16(11-9-15)27-12-4-7-21(27)29/h2-3,5-6,8-11,19H,4,7,12-14H2,1H3,(H,25,31)(H,26,28)/t19-/m1/s1. The van der Waals surface area contributed by atoms with Crippen LogP contribution in [0.5, 0.6) is 0 Å². The van der Waals surface area contributed by atoms with Crippen molar-refractivity contribution in [2.75, 3.05) is 25.1 Å². The van der Waals surface area contributed by atoms with Crippen molar-refractivity contribution in [2.45, 2.75) is 25.3 Å². The summed E-state index contributed by atoms with van der Waals surface area (Å²) in [7, 11) is 1.26. The number of nitrogens with zero attached hydrogens (tertiary/aromatic N) is 1. The Morgan fingerprint density at radius 1 is 1.12 bits per heavy atom. The molecule has 8 nitrogen and oxygen atoms in total. The molecule has 1 atom stereocenters. The van der Waals surface area contributed by atoms with E-state index in [1.54, 1.807) is 53.4 Å². The Morgan fingerprint density at radius 2 is 1.84 bits per heavy atom. The molecule has 0 unspecified atom stereocenters. The number of methoxy groups -OCH3 is 1. The number of carbonyl (C=O) groups is 4. The number of esters is 1. The number of carbonyl (C=O) groups excluding carboxylic acids is 4. The summed E-state index contributed by atoms with van der Waals surface area (Å²) in [5.74, 6) is -1.34. The molecule has 3 rings (SSSR count). The van der Waals surface area contributed by atoms with E-state index in [-0.39, 0.29) is 18.9 Å². The molecule has 9 heteroatoms. The predicted molar refractivity (Wildman–Crippen MR) is 119 cm³/mol. The van der Waals surface area contributed by atoms with Crippen molar-refractivity contribution >= 4 is 41.0 Å². The topological polar surface area (TPSA) is 105 Å². The first-order valence-corrected chi connectivity index (χ1v) is 10.6. The van der Waals surface area contributed by atoms with Gasteiger partial charge in [0, 0.05) is 29.2 Å². The number of amides is 3. The van der Waals surface area contributed by atoms with Crippen LogP contribution >= 0.6 is 11.6 Å². The van der Waals surface area contributed by atoms with Crippen LogP contribution in [0.3, 0.4) is 0 Å². The molecule has 1 aliphatic heterocycles. The van der Waals surface area contributed by atoms with Crippen LogP contribution in [0.1, 0.15) is 41.2 Å². The number of hydrogen-bond donors (Lipinski definition) is 2. The van der Waals surface area contributed by atoms with E-state index in [1.165, 1.54) is 7.11 Å². The largest absolute Gasteiger partial charge is 0.469 e. The van der Waals surface area contributed by atoms with Gasteiger partial charge in [-0.3, -0.25) is 19.2 Å². The molecule has 1 heterocycles. The molecule has 0 saturated carbocycles. The van der Waals surface area contributed by atoms with Crippen molar-refractivity contribution < 1.29 is 23.9 Å². The van der Waals surface area contributed by atoms with Gasteiger partial charge in [0.2, 0.25) is 11.8 Å². The number of halogens is 1. The SMILES string of the molecule is COC(=O)C[C@@H](NC(=O)CNC(=O)c1ccc(N2CCCC2=O)cc1)c1ccccc1Cl. The summed E-state index contributed by atoms with van der Waals surface area (Å²) >= 11 is 6.21. The molecule has 1 fully saturated rings. The Morgan fingerprint density at radius 3 is 2.47 bits per heavy atom. The zero-order valence-electron chi connectivity index (χ0n) is 17.6. The highest BCUT2D eigenvalue weighted by Crippen LogP contribution is 2.25. The number of ether oxygens (including phenoxy) is 1. The molecular weight excluding hydrogens is 434 g/mol. The van der Waals surface area contributed by atoms with Crippen LogP contribution in [0, 0.1) is 0 Å². The van der Waals surface area contributed by atoms with E-state index in [4.69, 9.17) is 16.3 Å². The van der Waals surface area contributed by atoms with E-state index in [2.05, 4.69) is 10.6 Å². The first-order valence-electron chi connectivity index (χ1n) is 10.2. The Bertz CT molecular complexity index is 1010. The monoisotopic (exact) mass is 457 g/mol. The zero-order chi connectivity index (χ0) is 23.1. The third-order valence-corrected chi connectivity index (χ3v) is 5.48. The fourth-order valence-corrected chi connectivity index (χ4v) is 3.74. The molecule has 1 aliphatic rings. The van der Waals surface area contributed by atoms with Crippen LogP contribution in [-0.4, -0.2) is 43.9 Å². The van der Waals surface area contributed by atoms with Crippen molar-refractivity contribution in [3.05, 3.63) is 64.7 Å². The second-order valence-corrected chi connectivity index (χ2v) is 7.71.